The molecule has 10 heteroatoms. The van der Waals surface area contributed by atoms with Crippen molar-refractivity contribution < 1.29 is 27.2 Å². The molecule has 3 aromatic rings. The summed E-state index contributed by atoms with van der Waals surface area (Å²) in [6, 6.07) is 9.08. The number of halogens is 4. The van der Waals surface area contributed by atoms with Gasteiger partial charge in [-0.25, -0.2) is 13.9 Å². The first-order chi connectivity index (χ1) is 13.7. The van der Waals surface area contributed by atoms with Crippen molar-refractivity contribution in [2.75, 3.05) is 5.32 Å². The summed E-state index contributed by atoms with van der Waals surface area (Å²) in [6.45, 7) is 7.02. The van der Waals surface area contributed by atoms with Gasteiger partial charge in [0.2, 0.25) is 0 Å². The summed E-state index contributed by atoms with van der Waals surface area (Å²) in [4.78, 5) is 26.6. The van der Waals surface area contributed by atoms with Crippen LogP contribution in [0.5, 0.6) is 0 Å². The first-order valence-electron chi connectivity index (χ1n) is 7.93. The Morgan fingerprint density at radius 1 is 1.17 bits per heavy atom. The molecule has 1 amide bonds. The number of rotatable bonds is 4. The molecular formula is C19H10F4N4O2. The van der Waals surface area contributed by atoms with Crippen LogP contribution in [0.1, 0.15) is 26.5 Å². The van der Waals surface area contributed by atoms with E-state index in [0.29, 0.717) is 12.4 Å². The minimum absolute atomic E-state index is 0.0606. The number of anilines is 1. The molecule has 0 bridgehead atoms. The molecule has 1 heterocycles. The molecule has 0 aliphatic heterocycles. The number of alkyl halides is 3. The Labute approximate surface area is 161 Å². The summed E-state index contributed by atoms with van der Waals surface area (Å²) in [5.41, 5.74) is -1.78. The Balaban J connectivity index is 2.06. The molecule has 1 N–H and O–H groups in total. The zero-order valence-electron chi connectivity index (χ0n) is 14.4. The van der Waals surface area contributed by atoms with Gasteiger partial charge in [0.15, 0.2) is 11.4 Å². The number of nitrogens with zero attached hydrogens (tertiary/aromatic N) is 3. The smallest absolute Gasteiger partial charge is 0.321 e. The van der Waals surface area contributed by atoms with Crippen LogP contribution in [0.15, 0.2) is 48.5 Å². The SMILES string of the molecule is [C-]#[N+]c1cccc(-n2nc(C(F)(F)F)cc2C(=O)Nc2cc(F)cc(C=O)c2)c1. The van der Waals surface area contributed by atoms with Crippen LogP contribution in [0.25, 0.3) is 10.5 Å². The summed E-state index contributed by atoms with van der Waals surface area (Å²) >= 11 is 0. The van der Waals surface area contributed by atoms with Crippen LogP contribution in [-0.2, 0) is 6.18 Å². The molecule has 0 atom stereocenters. The average molecular weight is 402 g/mol. The van der Waals surface area contributed by atoms with Gasteiger partial charge >= 0.3 is 6.18 Å². The fourth-order valence-electron chi connectivity index (χ4n) is 2.52. The Morgan fingerprint density at radius 2 is 1.93 bits per heavy atom. The van der Waals surface area contributed by atoms with E-state index in [9.17, 15) is 27.2 Å². The lowest BCUT2D eigenvalue weighted by Gasteiger charge is -2.09. The minimum atomic E-state index is -4.82. The molecule has 1 aromatic heterocycles. The highest BCUT2D eigenvalue weighted by molar-refractivity contribution is 6.04. The van der Waals surface area contributed by atoms with Crippen LogP contribution in [-0.4, -0.2) is 22.0 Å². The largest absolute Gasteiger partial charge is 0.435 e. The molecule has 0 spiro atoms. The number of hydrogen-bond acceptors (Lipinski definition) is 3. The number of amides is 1. The van der Waals surface area contributed by atoms with E-state index in [0.717, 1.165) is 16.8 Å². The van der Waals surface area contributed by atoms with Crippen molar-refractivity contribution in [1.82, 2.24) is 9.78 Å². The second-order valence-electron chi connectivity index (χ2n) is 5.80. The van der Waals surface area contributed by atoms with Crippen LogP contribution in [0.3, 0.4) is 0 Å². The molecule has 2 aromatic carbocycles. The predicted octanol–water partition coefficient (Wildman–Crippen LogP) is 4.65. The molecule has 0 aliphatic rings. The second-order valence-corrected chi connectivity index (χ2v) is 5.80. The second kappa shape index (κ2) is 7.55. The Hall–Kier alpha value is -4.00. The lowest BCUT2D eigenvalue weighted by Crippen LogP contribution is -2.17. The van der Waals surface area contributed by atoms with Gasteiger partial charge in [-0.1, -0.05) is 12.1 Å². The van der Waals surface area contributed by atoms with Gasteiger partial charge < -0.3 is 5.32 Å². The van der Waals surface area contributed by atoms with Crippen molar-refractivity contribution >= 4 is 23.6 Å². The van der Waals surface area contributed by atoms with Crippen molar-refractivity contribution in [3.8, 4) is 5.69 Å². The molecule has 0 radical (unpaired) electrons. The van der Waals surface area contributed by atoms with Crippen molar-refractivity contribution in [3.05, 3.63) is 82.7 Å². The minimum Gasteiger partial charge on any atom is -0.321 e. The maximum Gasteiger partial charge on any atom is 0.435 e. The van der Waals surface area contributed by atoms with Crippen molar-refractivity contribution in [3.63, 3.8) is 0 Å². The number of aromatic nitrogens is 2. The number of nitrogens with one attached hydrogen (secondary N) is 1. The standard InChI is InChI=1S/C19H10F4N4O2/c1-24-13-3-2-4-15(8-13)27-16(9-17(26-27)19(21,22)23)18(29)25-14-6-11(10-28)5-12(20)7-14/h2-10H,(H,25,29). The maximum atomic E-state index is 13.6. The van der Waals surface area contributed by atoms with E-state index in [1.807, 2.05) is 0 Å². The highest BCUT2D eigenvalue weighted by Gasteiger charge is 2.36. The van der Waals surface area contributed by atoms with Crippen LogP contribution < -0.4 is 5.32 Å². The highest BCUT2D eigenvalue weighted by Crippen LogP contribution is 2.30. The van der Waals surface area contributed by atoms with E-state index in [-0.39, 0.29) is 22.6 Å². The molecule has 146 valence electrons. The Kier molecular flexibility index (Phi) is 5.14. The van der Waals surface area contributed by atoms with Crippen LogP contribution in [0.2, 0.25) is 0 Å². The number of aldehydes is 1. The zero-order valence-corrected chi connectivity index (χ0v) is 14.4. The number of carbonyl (C=O) groups excluding carboxylic acids is 2. The van der Waals surface area contributed by atoms with Gasteiger partial charge in [0, 0.05) is 17.3 Å². The van der Waals surface area contributed by atoms with E-state index < -0.39 is 29.3 Å². The zero-order chi connectivity index (χ0) is 21.2. The van der Waals surface area contributed by atoms with E-state index >= 15 is 0 Å². The number of benzene rings is 2. The normalized spacial score (nSPS) is 11.0. The fourth-order valence-corrected chi connectivity index (χ4v) is 2.52. The molecule has 6 nitrogen and oxygen atoms in total. The van der Waals surface area contributed by atoms with Gasteiger partial charge in [-0.15, -0.1) is 0 Å². The first-order valence-corrected chi connectivity index (χ1v) is 7.93. The summed E-state index contributed by atoms with van der Waals surface area (Å²) < 4.78 is 53.7. The van der Waals surface area contributed by atoms with Crippen molar-refractivity contribution in [1.29, 1.82) is 0 Å². The average Bonchev–Trinajstić information content (AvgIpc) is 3.13. The molecule has 0 aliphatic carbocycles. The third kappa shape index (κ3) is 4.30. The van der Waals surface area contributed by atoms with Gasteiger partial charge in [0.05, 0.1) is 12.3 Å². The first kappa shape index (κ1) is 19.8. The van der Waals surface area contributed by atoms with E-state index in [1.165, 1.54) is 30.3 Å². The van der Waals surface area contributed by atoms with E-state index in [2.05, 4.69) is 15.3 Å². The predicted molar refractivity (Wildman–Crippen MR) is 94.6 cm³/mol. The number of hydrogen-bond donors (Lipinski definition) is 1. The van der Waals surface area contributed by atoms with Gasteiger partial charge in [0.1, 0.15) is 17.8 Å². The van der Waals surface area contributed by atoms with Crippen LogP contribution in [0, 0.1) is 12.4 Å². The van der Waals surface area contributed by atoms with Gasteiger partial charge in [-0.05, 0) is 30.3 Å². The van der Waals surface area contributed by atoms with E-state index in [1.54, 1.807) is 0 Å². The Morgan fingerprint density at radius 3 is 2.59 bits per heavy atom. The molecule has 0 saturated heterocycles. The highest BCUT2D eigenvalue weighted by atomic mass is 19.4. The van der Waals surface area contributed by atoms with Crippen molar-refractivity contribution in [2.45, 2.75) is 6.18 Å². The van der Waals surface area contributed by atoms with Crippen LogP contribution in [0.4, 0.5) is 28.9 Å². The van der Waals surface area contributed by atoms with Gasteiger partial charge in [-0.3, -0.25) is 9.59 Å². The Bertz CT molecular complexity index is 1150. The monoisotopic (exact) mass is 402 g/mol. The quantitative estimate of drug-likeness (QED) is 0.393. The maximum absolute atomic E-state index is 13.6. The summed E-state index contributed by atoms with van der Waals surface area (Å²) in [6.07, 6.45) is -4.46. The third-order valence-electron chi connectivity index (χ3n) is 3.75. The summed E-state index contributed by atoms with van der Waals surface area (Å²) in [5.74, 6) is -1.82. The molecule has 0 unspecified atom stereocenters. The third-order valence-corrected chi connectivity index (χ3v) is 3.75. The van der Waals surface area contributed by atoms with Gasteiger partial charge in [0.25, 0.3) is 5.91 Å². The molecular weight excluding hydrogens is 392 g/mol. The summed E-state index contributed by atoms with van der Waals surface area (Å²) in [7, 11) is 0. The molecule has 0 fully saturated rings. The molecule has 3 rings (SSSR count). The fraction of sp³-hybridized carbons (Fsp3) is 0.0526. The van der Waals surface area contributed by atoms with E-state index in [4.69, 9.17) is 6.57 Å². The number of carbonyl (C=O) groups is 2. The van der Waals surface area contributed by atoms with Crippen molar-refractivity contribution in [2.24, 2.45) is 0 Å². The lowest BCUT2D eigenvalue weighted by molar-refractivity contribution is -0.141. The summed E-state index contributed by atoms with van der Waals surface area (Å²) in [5, 5.41) is 5.69. The van der Waals surface area contributed by atoms with Gasteiger partial charge in [-0.2, -0.15) is 18.3 Å². The molecule has 0 saturated carbocycles. The topological polar surface area (TPSA) is 68.3 Å². The lowest BCUT2D eigenvalue weighted by atomic mass is 10.2. The van der Waals surface area contributed by atoms with Crippen LogP contribution >= 0.6 is 0 Å². The molecule has 29 heavy (non-hydrogen) atoms.